The summed E-state index contributed by atoms with van der Waals surface area (Å²) in [5, 5.41) is 3.56. The molecule has 3 aliphatic rings. The highest BCUT2D eigenvalue weighted by molar-refractivity contribution is 5.81. The molecule has 5 heteroatoms. The Hall–Kier alpha value is -0.650. The lowest BCUT2D eigenvalue weighted by Gasteiger charge is -2.32. The highest BCUT2D eigenvalue weighted by Gasteiger charge is 2.50. The Bertz CT molecular complexity index is 366. The Kier molecular flexibility index (Phi) is 4.02. The molecule has 1 aliphatic heterocycles. The number of carbonyl (C=O) groups is 1. The van der Waals surface area contributed by atoms with Crippen LogP contribution in [0.5, 0.6) is 0 Å². The fraction of sp³-hybridized carbons (Fsp3) is 0.933. The highest BCUT2D eigenvalue weighted by atomic mass is 16.5. The van der Waals surface area contributed by atoms with E-state index in [2.05, 4.69) is 17.3 Å². The van der Waals surface area contributed by atoms with E-state index in [9.17, 15) is 4.79 Å². The zero-order valence-electron chi connectivity index (χ0n) is 12.6. The molecular formula is C15H26N2O3. The fourth-order valence-corrected chi connectivity index (χ4v) is 3.70. The van der Waals surface area contributed by atoms with Crippen molar-refractivity contribution < 1.29 is 14.3 Å². The van der Waals surface area contributed by atoms with Gasteiger partial charge in [-0.15, -0.1) is 0 Å². The Morgan fingerprint density at radius 3 is 2.70 bits per heavy atom. The van der Waals surface area contributed by atoms with E-state index in [1.807, 2.05) is 0 Å². The quantitative estimate of drug-likeness (QED) is 0.760. The Morgan fingerprint density at radius 2 is 2.10 bits per heavy atom. The maximum Gasteiger partial charge on any atom is 0.326 e. The van der Waals surface area contributed by atoms with Crippen LogP contribution in [0.2, 0.25) is 0 Å². The van der Waals surface area contributed by atoms with Gasteiger partial charge in [-0.1, -0.05) is 0 Å². The number of hydrogen-bond donors (Lipinski definition) is 1. The first kappa shape index (κ1) is 14.3. The van der Waals surface area contributed by atoms with Crippen LogP contribution in [-0.2, 0) is 14.3 Å². The number of hydrogen-bond acceptors (Lipinski definition) is 5. The second kappa shape index (κ2) is 5.62. The molecule has 0 radical (unpaired) electrons. The van der Waals surface area contributed by atoms with E-state index >= 15 is 0 Å². The minimum atomic E-state index is -0.450. The summed E-state index contributed by atoms with van der Waals surface area (Å²) in [6.45, 7) is 1.69. The van der Waals surface area contributed by atoms with Gasteiger partial charge in [-0.2, -0.15) is 0 Å². The predicted octanol–water partition coefficient (Wildman–Crippen LogP) is 0.923. The molecule has 3 fully saturated rings. The predicted molar refractivity (Wildman–Crippen MR) is 75.5 cm³/mol. The van der Waals surface area contributed by atoms with Crippen LogP contribution < -0.4 is 5.32 Å². The summed E-state index contributed by atoms with van der Waals surface area (Å²) in [5.74, 6) is -0.0806. The van der Waals surface area contributed by atoms with Crippen molar-refractivity contribution in [2.24, 2.45) is 0 Å². The van der Waals surface area contributed by atoms with Crippen molar-refractivity contribution >= 4 is 5.97 Å². The highest BCUT2D eigenvalue weighted by Crippen LogP contribution is 2.38. The first-order chi connectivity index (χ1) is 9.64. The molecule has 0 spiro atoms. The molecule has 2 saturated carbocycles. The van der Waals surface area contributed by atoms with E-state index in [1.54, 1.807) is 0 Å². The summed E-state index contributed by atoms with van der Waals surface area (Å²) < 4.78 is 10.6. The molecule has 3 rings (SSSR count). The summed E-state index contributed by atoms with van der Waals surface area (Å²) in [6, 6.07) is 1.48. The number of methoxy groups -OCH3 is 1. The molecule has 20 heavy (non-hydrogen) atoms. The molecule has 3 unspecified atom stereocenters. The van der Waals surface area contributed by atoms with E-state index in [0.29, 0.717) is 18.1 Å². The number of nitrogens with one attached hydrogen (secondary N) is 1. The van der Waals surface area contributed by atoms with Crippen LogP contribution in [0.3, 0.4) is 0 Å². The zero-order valence-corrected chi connectivity index (χ0v) is 12.6. The Balaban J connectivity index is 1.66. The average Bonchev–Trinajstić information content (AvgIpc) is 2.97. The van der Waals surface area contributed by atoms with Gasteiger partial charge in [-0.3, -0.25) is 15.0 Å². The first-order valence-corrected chi connectivity index (χ1v) is 7.80. The van der Waals surface area contributed by atoms with Crippen molar-refractivity contribution in [2.75, 3.05) is 27.4 Å². The average molecular weight is 282 g/mol. The second-order valence-electron chi connectivity index (χ2n) is 6.57. The van der Waals surface area contributed by atoms with Crippen LogP contribution in [0.25, 0.3) is 0 Å². The van der Waals surface area contributed by atoms with Gasteiger partial charge in [0.2, 0.25) is 0 Å². The van der Waals surface area contributed by atoms with E-state index in [4.69, 9.17) is 9.47 Å². The number of carbonyl (C=O) groups excluding carboxylic acids is 1. The molecule has 0 amide bonds. The summed E-state index contributed by atoms with van der Waals surface area (Å²) in [6.07, 6.45) is 6.30. The van der Waals surface area contributed by atoms with Crippen LogP contribution in [0.15, 0.2) is 0 Å². The first-order valence-electron chi connectivity index (χ1n) is 7.80. The van der Waals surface area contributed by atoms with E-state index in [0.717, 1.165) is 38.9 Å². The topological polar surface area (TPSA) is 50.8 Å². The minimum Gasteiger partial charge on any atom is -0.468 e. The molecule has 5 nitrogen and oxygen atoms in total. The van der Waals surface area contributed by atoms with Crippen LogP contribution in [-0.4, -0.2) is 61.9 Å². The number of ether oxygens (including phenoxy) is 2. The Labute approximate surface area is 121 Å². The monoisotopic (exact) mass is 282 g/mol. The molecule has 1 saturated heterocycles. The van der Waals surface area contributed by atoms with Crippen molar-refractivity contribution in [3.05, 3.63) is 0 Å². The van der Waals surface area contributed by atoms with Crippen molar-refractivity contribution in [1.82, 2.24) is 10.2 Å². The normalized spacial score (nSPS) is 37.5. The molecule has 1 N–H and O–H groups in total. The van der Waals surface area contributed by atoms with Gasteiger partial charge in [-0.05, 0) is 45.6 Å². The summed E-state index contributed by atoms with van der Waals surface area (Å²) in [4.78, 5) is 14.7. The fourth-order valence-electron chi connectivity index (χ4n) is 3.70. The number of likely N-dealkylation sites (N-methyl/N-ethyl adjacent to an activating group) is 1. The lowest BCUT2D eigenvalue weighted by Crippen LogP contribution is -2.53. The maximum absolute atomic E-state index is 12.3. The Morgan fingerprint density at radius 1 is 1.30 bits per heavy atom. The zero-order chi connectivity index (χ0) is 14.2. The van der Waals surface area contributed by atoms with Crippen molar-refractivity contribution in [1.29, 1.82) is 0 Å². The van der Waals surface area contributed by atoms with E-state index in [-0.39, 0.29) is 5.97 Å². The second-order valence-corrected chi connectivity index (χ2v) is 6.57. The third-order valence-electron chi connectivity index (χ3n) is 5.18. The largest absolute Gasteiger partial charge is 0.468 e. The molecule has 0 aromatic carbocycles. The number of rotatable bonds is 5. The van der Waals surface area contributed by atoms with E-state index in [1.165, 1.54) is 20.0 Å². The van der Waals surface area contributed by atoms with Crippen molar-refractivity contribution in [2.45, 2.75) is 62.2 Å². The van der Waals surface area contributed by atoms with Gasteiger partial charge in [0.05, 0.1) is 13.7 Å². The SMILES string of the molecule is COC(=O)C1(NC2CC2)CCC(N(C)C2CCOC2)C1. The van der Waals surface area contributed by atoms with Gasteiger partial charge in [-0.25, -0.2) is 0 Å². The van der Waals surface area contributed by atoms with Gasteiger partial charge in [0.15, 0.2) is 0 Å². The van der Waals surface area contributed by atoms with Gasteiger partial charge >= 0.3 is 5.97 Å². The molecule has 0 aromatic heterocycles. The summed E-state index contributed by atoms with van der Waals surface area (Å²) >= 11 is 0. The van der Waals surface area contributed by atoms with Gasteiger partial charge < -0.3 is 9.47 Å². The molecule has 114 valence electrons. The molecule has 0 aromatic rings. The van der Waals surface area contributed by atoms with Crippen LogP contribution in [0.1, 0.15) is 38.5 Å². The van der Waals surface area contributed by atoms with E-state index < -0.39 is 5.54 Å². The van der Waals surface area contributed by atoms with Crippen LogP contribution in [0, 0.1) is 0 Å². The van der Waals surface area contributed by atoms with Crippen molar-refractivity contribution in [3.63, 3.8) is 0 Å². The van der Waals surface area contributed by atoms with Crippen molar-refractivity contribution in [3.8, 4) is 0 Å². The van der Waals surface area contributed by atoms with Crippen LogP contribution in [0.4, 0.5) is 0 Å². The molecule has 2 aliphatic carbocycles. The summed E-state index contributed by atoms with van der Waals surface area (Å²) in [5.41, 5.74) is -0.450. The number of esters is 1. The third kappa shape index (κ3) is 2.71. The third-order valence-corrected chi connectivity index (χ3v) is 5.18. The van der Waals surface area contributed by atoms with Gasteiger partial charge in [0, 0.05) is 24.7 Å². The molecule has 3 atom stereocenters. The standard InChI is InChI=1S/C15H26N2O3/c1-17(13-6-8-20-10-13)12-5-7-15(9-12,14(18)19-2)16-11-3-4-11/h11-13,16H,3-10H2,1-2H3. The summed E-state index contributed by atoms with van der Waals surface area (Å²) in [7, 11) is 3.68. The molecule has 0 bridgehead atoms. The minimum absolute atomic E-state index is 0.0806. The number of nitrogens with zero attached hydrogens (tertiary/aromatic N) is 1. The van der Waals surface area contributed by atoms with Gasteiger partial charge in [0.1, 0.15) is 5.54 Å². The lowest BCUT2D eigenvalue weighted by atomic mass is 9.96. The lowest BCUT2D eigenvalue weighted by molar-refractivity contribution is -0.148. The molecular weight excluding hydrogens is 256 g/mol. The van der Waals surface area contributed by atoms with Gasteiger partial charge in [0.25, 0.3) is 0 Å². The smallest absolute Gasteiger partial charge is 0.326 e. The molecule has 1 heterocycles. The maximum atomic E-state index is 12.3. The van der Waals surface area contributed by atoms with Crippen LogP contribution >= 0.6 is 0 Å².